The van der Waals surface area contributed by atoms with E-state index in [0.717, 1.165) is 25.6 Å². The molecule has 1 nitrogen and oxygen atoms in total. The molecule has 1 saturated heterocycles. The van der Waals surface area contributed by atoms with E-state index in [1.165, 1.54) is 6.07 Å². The molecule has 0 aliphatic carbocycles. The second-order valence-corrected chi connectivity index (χ2v) is 4.24. The molecule has 2 atom stereocenters. The molecular weight excluding hydrogens is 232 g/mol. The molecule has 1 aliphatic rings. The van der Waals surface area contributed by atoms with Gasteiger partial charge in [0.05, 0.1) is 0 Å². The van der Waals surface area contributed by atoms with Crippen LogP contribution in [0.15, 0.2) is 18.2 Å². The van der Waals surface area contributed by atoms with Gasteiger partial charge >= 0.3 is 0 Å². The third kappa shape index (κ3) is 2.71. The maximum atomic E-state index is 13.5. The molecule has 0 unspecified atom stereocenters. The first-order chi connectivity index (χ1) is 7.18. The SMILES string of the molecule is C[C@@H]1CNCC[C@@H]1c1ccc(F)cc1F.Cl. The van der Waals surface area contributed by atoms with Gasteiger partial charge in [-0.25, -0.2) is 8.78 Å². The lowest BCUT2D eigenvalue weighted by molar-refractivity contribution is 0.341. The standard InChI is InChI=1S/C12H15F2N.ClH/c1-8-7-15-5-4-10(8)11-3-2-9(13)6-12(11)14;/h2-3,6,8,10,15H,4-5,7H2,1H3;1H/t8-,10+;/m1./s1. The zero-order valence-corrected chi connectivity index (χ0v) is 9.99. The molecule has 4 heteroatoms. The Balaban J connectivity index is 0.00000128. The molecular formula is C12H16ClF2N. The lowest BCUT2D eigenvalue weighted by atomic mass is 9.82. The predicted molar refractivity (Wildman–Crippen MR) is 63.0 cm³/mol. The minimum absolute atomic E-state index is 0. The van der Waals surface area contributed by atoms with Crippen LogP contribution in [0.1, 0.15) is 24.8 Å². The molecule has 2 rings (SSSR count). The lowest BCUT2D eigenvalue weighted by Crippen LogP contribution is -2.34. The average molecular weight is 248 g/mol. The quantitative estimate of drug-likeness (QED) is 0.804. The summed E-state index contributed by atoms with van der Waals surface area (Å²) in [4.78, 5) is 0. The van der Waals surface area contributed by atoms with Gasteiger partial charge in [-0.1, -0.05) is 13.0 Å². The second kappa shape index (κ2) is 5.60. The fraction of sp³-hybridized carbons (Fsp3) is 0.500. The Labute approximate surface area is 101 Å². The van der Waals surface area contributed by atoms with Gasteiger partial charge < -0.3 is 5.32 Å². The number of hydrogen-bond acceptors (Lipinski definition) is 1. The van der Waals surface area contributed by atoms with Crippen molar-refractivity contribution in [1.29, 1.82) is 0 Å². The van der Waals surface area contributed by atoms with Crippen LogP contribution in [0.25, 0.3) is 0 Å². The fourth-order valence-electron chi connectivity index (χ4n) is 2.28. The molecule has 0 amide bonds. The van der Waals surface area contributed by atoms with Gasteiger partial charge in [0.1, 0.15) is 11.6 Å². The van der Waals surface area contributed by atoms with E-state index in [0.29, 0.717) is 11.5 Å². The van der Waals surface area contributed by atoms with E-state index >= 15 is 0 Å². The van der Waals surface area contributed by atoms with Crippen LogP contribution >= 0.6 is 12.4 Å². The van der Waals surface area contributed by atoms with Crippen molar-refractivity contribution in [3.63, 3.8) is 0 Å². The molecule has 0 saturated carbocycles. The Morgan fingerprint density at radius 1 is 1.31 bits per heavy atom. The van der Waals surface area contributed by atoms with Crippen molar-refractivity contribution < 1.29 is 8.78 Å². The summed E-state index contributed by atoms with van der Waals surface area (Å²) in [5, 5.41) is 3.27. The molecule has 1 aromatic rings. The fourth-order valence-corrected chi connectivity index (χ4v) is 2.28. The van der Waals surface area contributed by atoms with Crippen LogP contribution in [0.2, 0.25) is 0 Å². The van der Waals surface area contributed by atoms with Crippen molar-refractivity contribution >= 4 is 12.4 Å². The highest BCUT2D eigenvalue weighted by Gasteiger charge is 2.24. The molecule has 0 aromatic heterocycles. The first-order valence-electron chi connectivity index (χ1n) is 5.34. The molecule has 1 heterocycles. The predicted octanol–water partition coefficient (Wildman–Crippen LogP) is 3.10. The van der Waals surface area contributed by atoms with E-state index in [9.17, 15) is 8.78 Å². The Morgan fingerprint density at radius 3 is 2.69 bits per heavy atom. The van der Waals surface area contributed by atoms with Crippen molar-refractivity contribution in [1.82, 2.24) is 5.32 Å². The van der Waals surface area contributed by atoms with Crippen molar-refractivity contribution in [2.24, 2.45) is 5.92 Å². The van der Waals surface area contributed by atoms with Crippen LogP contribution in [0, 0.1) is 17.6 Å². The number of piperidine rings is 1. The Morgan fingerprint density at radius 2 is 2.06 bits per heavy atom. The van der Waals surface area contributed by atoms with Crippen LogP contribution in [0.3, 0.4) is 0 Å². The Bertz CT molecular complexity index is 357. The number of nitrogens with one attached hydrogen (secondary N) is 1. The number of hydrogen-bond donors (Lipinski definition) is 1. The van der Waals surface area contributed by atoms with E-state index in [-0.39, 0.29) is 18.3 Å². The third-order valence-corrected chi connectivity index (χ3v) is 3.15. The van der Waals surface area contributed by atoms with Crippen molar-refractivity contribution in [2.75, 3.05) is 13.1 Å². The second-order valence-electron chi connectivity index (χ2n) is 4.24. The largest absolute Gasteiger partial charge is 0.316 e. The van der Waals surface area contributed by atoms with Crippen molar-refractivity contribution in [3.8, 4) is 0 Å². The summed E-state index contributed by atoms with van der Waals surface area (Å²) in [6.45, 7) is 3.91. The lowest BCUT2D eigenvalue weighted by Gasteiger charge is -2.30. The Hall–Kier alpha value is -0.670. The van der Waals surface area contributed by atoms with Crippen LogP contribution in [0.5, 0.6) is 0 Å². The monoisotopic (exact) mass is 247 g/mol. The maximum Gasteiger partial charge on any atom is 0.129 e. The van der Waals surface area contributed by atoms with Crippen LogP contribution in [0.4, 0.5) is 8.78 Å². The molecule has 16 heavy (non-hydrogen) atoms. The number of halogens is 3. The zero-order chi connectivity index (χ0) is 10.8. The highest BCUT2D eigenvalue weighted by Crippen LogP contribution is 2.31. The molecule has 1 aromatic carbocycles. The smallest absolute Gasteiger partial charge is 0.129 e. The van der Waals surface area contributed by atoms with Gasteiger partial charge in [0.15, 0.2) is 0 Å². The first kappa shape index (κ1) is 13.4. The van der Waals surface area contributed by atoms with E-state index in [2.05, 4.69) is 12.2 Å². The summed E-state index contributed by atoms with van der Waals surface area (Å²) in [5.74, 6) is -0.294. The molecule has 0 bridgehead atoms. The summed E-state index contributed by atoms with van der Waals surface area (Å²) in [6.07, 6.45) is 0.920. The molecule has 90 valence electrons. The number of rotatable bonds is 1. The average Bonchev–Trinajstić information content (AvgIpc) is 2.20. The molecule has 0 spiro atoms. The summed E-state index contributed by atoms with van der Waals surface area (Å²) in [7, 11) is 0. The topological polar surface area (TPSA) is 12.0 Å². The van der Waals surface area contributed by atoms with Gasteiger partial charge in [-0.3, -0.25) is 0 Å². The molecule has 1 N–H and O–H groups in total. The van der Waals surface area contributed by atoms with Gasteiger partial charge in [0.2, 0.25) is 0 Å². The van der Waals surface area contributed by atoms with Gasteiger partial charge in [-0.2, -0.15) is 0 Å². The zero-order valence-electron chi connectivity index (χ0n) is 9.17. The van der Waals surface area contributed by atoms with Crippen molar-refractivity contribution in [3.05, 3.63) is 35.4 Å². The van der Waals surface area contributed by atoms with Gasteiger partial charge in [-0.05, 0) is 43.0 Å². The summed E-state index contributed by atoms with van der Waals surface area (Å²) in [5.41, 5.74) is 0.658. The van der Waals surface area contributed by atoms with Crippen LogP contribution < -0.4 is 5.32 Å². The van der Waals surface area contributed by atoms with E-state index in [4.69, 9.17) is 0 Å². The van der Waals surface area contributed by atoms with E-state index < -0.39 is 11.6 Å². The van der Waals surface area contributed by atoms with Crippen LogP contribution in [-0.2, 0) is 0 Å². The summed E-state index contributed by atoms with van der Waals surface area (Å²) < 4.78 is 26.3. The minimum atomic E-state index is -0.502. The summed E-state index contributed by atoms with van der Waals surface area (Å²) in [6, 6.07) is 3.90. The van der Waals surface area contributed by atoms with Gasteiger partial charge in [-0.15, -0.1) is 12.4 Å². The molecule has 1 fully saturated rings. The molecule has 1 aliphatic heterocycles. The van der Waals surface area contributed by atoms with Crippen molar-refractivity contribution in [2.45, 2.75) is 19.3 Å². The maximum absolute atomic E-state index is 13.5. The first-order valence-corrected chi connectivity index (χ1v) is 5.34. The highest BCUT2D eigenvalue weighted by atomic mass is 35.5. The van der Waals surface area contributed by atoms with Gasteiger partial charge in [0, 0.05) is 6.07 Å². The normalized spacial score (nSPS) is 24.9. The minimum Gasteiger partial charge on any atom is -0.316 e. The number of benzene rings is 1. The van der Waals surface area contributed by atoms with Crippen LogP contribution in [-0.4, -0.2) is 13.1 Å². The third-order valence-electron chi connectivity index (χ3n) is 3.15. The van der Waals surface area contributed by atoms with E-state index in [1.807, 2.05) is 0 Å². The highest BCUT2D eigenvalue weighted by molar-refractivity contribution is 5.85. The van der Waals surface area contributed by atoms with Gasteiger partial charge in [0.25, 0.3) is 0 Å². The van der Waals surface area contributed by atoms with E-state index in [1.54, 1.807) is 6.07 Å². The molecule has 0 radical (unpaired) electrons. The Kier molecular flexibility index (Phi) is 4.69. The summed E-state index contributed by atoms with van der Waals surface area (Å²) >= 11 is 0.